The van der Waals surface area contributed by atoms with Crippen LogP contribution in [0.3, 0.4) is 0 Å². The topological polar surface area (TPSA) is 72.3 Å². The van der Waals surface area contributed by atoms with E-state index < -0.39 is 111 Å². The molecule has 0 amide bonds. The molecule has 0 spiro atoms. The van der Waals surface area contributed by atoms with Gasteiger partial charge in [0, 0.05) is 0 Å². The molecule has 0 aromatic heterocycles. The van der Waals surface area contributed by atoms with Gasteiger partial charge in [0.15, 0.2) is 0 Å². The number of aliphatic hydroxyl groups is 1. The van der Waals surface area contributed by atoms with Crippen molar-refractivity contribution in [1.82, 2.24) is 5.32 Å². The van der Waals surface area contributed by atoms with E-state index in [0.29, 0.717) is 0 Å². The lowest BCUT2D eigenvalue weighted by atomic mass is 10.0. The fourth-order valence-electron chi connectivity index (χ4n) is 3.20. The summed E-state index contributed by atoms with van der Waals surface area (Å²) in [6, 6.07) is 0. The standard InChI is InChI=1S/C17HF28N5O/c18-5(19,9(26,27)13(34,35)36)1-46-3(7(22,23)11(30,31)15(40,41)42)50-4(8(24,25)12(32,33)16(43,44)45)47-2(49-17(50,51)48-1)6(20,21)10(28,29)14(37,38)39/h51H/p+1. The van der Waals surface area contributed by atoms with Crippen LogP contribution in [-0.4, -0.2) is 111 Å². The smallest absolute Gasteiger partial charge is 0.321 e. The Balaban J connectivity index is 3.45. The van der Waals surface area contributed by atoms with Crippen LogP contribution in [0.25, 0.3) is 0 Å². The van der Waals surface area contributed by atoms with Gasteiger partial charge in [-0.3, -0.25) is 5.32 Å². The summed E-state index contributed by atoms with van der Waals surface area (Å²) in [4.78, 5) is 3.03. The maximum Gasteiger partial charge on any atom is 0.460 e. The molecule has 1 unspecified atom stereocenters. The minimum atomic E-state index is -8.33. The van der Waals surface area contributed by atoms with E-state index in [4.69, 9.17) is 0 Å². The Hall–Kier alpha value is -3.52. The van der Waals surface area contributed by atoms with Crippen molar-refractivity contribution in [2.75, 3.05) is 0 Å². The van der Waals surface area contributed by atoms with Crippen LogP contribution >= 0.6 is 0 Å². The first kappa shape index (κ1) is 43.6. The van der Waals surface area contributed by atoms with Gasteiger partial charge in [-0.1, -0.05) is 4.99 Å². The van der Waals surface area contributed by atoms with Crippen LogP contribution in [0.4, 0.5) is 123 Å². The van der Waals surface area contributed by atoms with Crippen molar-refractivity contribution in [3.63, 3.8) is 0 Å². The first-order chi connectivity index (χ1) is 21.8. The summed E-state index contributed by atoms with van der Waals surface area (Å²) in [5.41, 5.74) is 0. The SMILES string of the molecule is OC12N=C(C(F)(F)C(F)(F)C(F)(F)F)N=C(C(F)(F)C(F)(F)C(F)(F)F)[N+]1=C(C(F)(F)C(F)(F)C(F)(F)F)NC(C(F)(F)C(F)(F)C(F)(F)F)=N2. The number of fused-ring (bicyclic) bond motifs is 1. The van der Waals surface area contributed by atoms with Crippen molar-refractivity contribution >= 4 is 23.3 Å². The van der Waals surface area contributed by atoms with Crippen LogP contribution in [0, 0.1) is 0 Å². The normalized spacial score (nSPS) is 21.5. The molecule has 0 bridgehead atoms. The summed E-state index contributed by atoms with van der Waals surface area (Å²) in [5, 5.41) is 9.33. The summed E-state index contributed by atoms with van der Waals surface area (Å²) in [6.07, 6.45) is -31.8. The predicted molar refractivity (Wildman–Crippen MR) is 99.5 cm³/mol. The number of hydrogen-bond acceptors (Lipinski definition) is 5. The lowest BCUT2D eigenvalue weighted by Gasteiger charge is -2.39. The summed E-state index contributed by atoms with van der Waals surface area (Å²) >= 11 is 0. The number of alkyl halides is 28. The molecule has 0 saturated carbocycles. The van der Waals surface area contributed by atoms with E-state index in [1.54, 1.807) is 0 Å². The summed E-state index contributed by atoms with van der Waals surface area (Å²) in [5.74, 6) is -90.7. The van der Waals surface area contributed by atoms with Crippen molar-refractivity contribution in [3.8, 4) is 0 Å². The van der Waals surface area contributed by atoms with E-state index in [1.165, 1.54) is 0 Å². The molecule has 0 aromatic carbocycles. The molecule has 2 rings (SSSR count). The van der Waals surface area contributed by atoms with Crippen LogP contribution in [-0.2, 0) is 0 Å². The molecule has 0 aromatic rings. The molecular weight excluding hydrogens is 822 g/mol. The lowest BCUT2D eigenvalue weighted by molar-refractivity contribution is -0.586. The fraction of sp³-hybridized carbons (Fsp3) is 0.765. The van der Waals surface area contributed by atoms with E-state index in [-0.39, 0.29) is 0 Å². The zero-order valence-corrected chi connectivity index (χ0v) is 21.8. The Bertz CT molecular complexity index is 1540. The van der Waals surface area contributed by atoms with Crippen molar-refractivity contribution < 1.29 is 133 Å². The maximum absolute atomic E-state index is 14.8. The monoisotopic (exact) mass is 824 g/mol. The van der Waals surface area contributed by atoms with Gasteiger partial charge in [-0.15, -0.1) is 0 Å². The van der Waals surface area contributed by atoms with E-state index in [1.807, 2.05) is 0 Å². The molecule has 6 nitrogen and oxygen atoms in total. The third kappa shape index (κ3) is 5.93. The molecule has 296 valence electrons. The summed E-state index contributed by atoms with van der Waals surface area (Å²) in [7, 11) is 0. The largest absolute Gasteiger partial charge is 0.460 e. The molecule has 0 radical (unpaired) electrons. The lowest BCUT2D eigenvalue weighted by Crippen LogP contribution is -2.74. The van der Waals surface area contributed by atoms with Gasteiger partial charge in [0.05, 0.1) is 0 Å². The zero-order chi connectivity index (χ0) is 41.2. The molecule has 0 saturated heterocycles. The van der Waals surface area contributed by atoms with Gasteiger partial charge in [0.2, 0.25) is 5.84 Å². The number of halogens is 28. The Labute approximate surface area is 255 Å². The molecular formula is C17H2F28N5O+. The van der Waals surface area contributed by atoms with E-state index in [9.17, 15) is 128 Å². The van der Waals surface area contributed by atoms with Crippen LogP contribution in [0.15, 0.2) is 15.0 Å². The highest BCUT2D eigenvalue weighted by molar-refractivity contribution is 6.11. The van der Waals surface area contributed by atoms with Crippen molar-refractivity contribution in [1.29, 1.82) is 0 Å². The Morgan fingerprint density at radius 3 is 1.10 bits per heavy atom. The Kier molecular flexibility index (Phi) is 9.41. The molecule has 2 aliphatic rings. The summed E-state index contributed by atoms with van der Waals surface area (Å²) < 4.78 is 377. The van der Waals surface area contributed by atoms with Gasteiger partial charge >= 0.3 is 83.9 Å². The fourth-order valence-corrected chi connectivity index (χ4v) is 3.20. The second-order valence-corrected chi connectivity index (χ2v) is 9.33. The average molecular weight is 824 g/mol. The minimum Gasteiger partial charge on any atom is -0.321 e. The quantitative estimate of drug-likeness (QED) is 0.202. The van der Waals surface area contributed by atoms with Crippen LogP contribution < -0.4 is 5.32 Å². The van der Waals surface area contributed by atoms with Gasteiger partial charge in [-0.2, -0.15) is 137 Å². The minimum absolute atomic E-state index is 0.837. The van der Waals surface area contributed by atoms with Crippen LogP contribution in [0.1, 0.15) is 0 Å². The number of nitrogens with zero attached hydrogens (tertiary/aromatic N) is 4. The second kappa shape index (κ2) is 11.0. The van der Waals surface area contributed by atoms with Crippen molar-refractivity contribution in [2.24, 2.45) is 15.0 Å². The van der Waals surface area contributed by atoms with Crippen LogP contribution in [0.5, 0.6) is 0 Å². The zero-order valence-electron chi connectivity index (χ0n) is 21.8. The molecule has 51 heavy (non-hydrogen) atoms. The molecule has 0 fully saturated rings. The van der Waals surface area contributed by atoms with Gasteiger partial charge in [0.1, 0.15) is 0 Å². The number of aliphatic imine (C=N–C) groups is 3. The Morgan fingerprint density at radius 2 is 0.745 bits per heavy atom. The third-order valence-corrected chi connectivity index (χ3v) is 5.86. The van der Waals surface area contributed by atoms with Gasteiger partial charge in [-0.05, 0) is 0 Å². The second-order valence-electron chi connectivity index (χ2n) is 9.33. The third-order valence-electron chi connectivity index (χ3n) is 5.86. The van der Waals surface area contributed by atoms with E-state index >= 15 is 0 Å². The predicted octanol–water partition coefficient (Wildman–Crippen LogP) is 7.14. The Morgan fingerprint density at radius 1 is 0.431 bits per heavy atom. The van der Waals surface area contributed by atoms with Crippen molar-refractivity contribution in [2.45, 2.75) is 78.1 Å². The number of nitrogens with one attached hydrogen (secondary N) is 1. The first-order valence-corrected chi connectivity index (χ1v) is 11.0. The van der Waals surface area contributed by atoms with Crippen LogP contribution in [0.2, 0.25) is 0 Å². The summed E-state index contributed by atoms with van der Waals surface area (Å²) in [6.45, 7) is 0. The van der Waals surface area contributed by atoms with E-state index in [2.05, 4.69) is 0 Å². The molecule has 2 heterocycles. The highest BCUT2D eigenvalue weighted by Crippen LogP contribution is 2.54. The molecule has 2 aliphatic heterocycles. The number of hydrogen-bond donors (Lipinski definition) is 2. The molecule has 34 heteroatoms. The highest BCUT2D eigenvalue weighted by atomic mass is 19.5. The average Bonchev–Trinajstić information content (AvgIpc) is 2.88. The van der Waals surface area contributed by atoms with E-state index in [0.717, 1.165) is 15.0 Å². The molecule has 1 atom stereocenters. The molecule has 2 N–H and O–H groups in total. The highest BCUT2D eigenvalue weighted by Gasteiger charge is 2.85. The number of amidine groups is 4. The molecule has 0 aliphatic carbocycles. The number of rotatable bonds is 8. The van der Waals surface area contributed by atoms with Gasteiger partial charge in [0.25, 0.3) is 11.7 Å². The maximum atomic E-state index is 14.8. The van der Waals surface area contributed by atoms with Gasteiger partial charge in [-0.25, -0.2) is 0 Å². The van der Waals surface area contributed by atoms with Crippen molar-refractivity contribution in [3.05, 3.63) is 0 Å². The first-order valence-electron chi connectivity index (χ1n) is 11.0. The van der Waals surface area contributed by atoms with Gasteiger partial charge < -0.3 is 5.11 Å².